The molecule has 0 bridgehead atoms. The van der Waals surface area contributed by atoms with E-state index < -0.39 is 31.0 Å². The SMILES string of the molecule is Cc1cccc(OC(C)C(=O)N2CCN(C(=O)C3CC(F)(F)CN3)CC2)c1.Cl. The lowest BCUT2D eigenvalue weighted by Crippen LogP contribution is -2.55. The number of halogens is 3. The van der Waals surface area contributed by atoms with Gasteiger partial charge < -0.3 is 14.5 Å². The number of amides is 2. The number of benzene rings is 1. The van der Waals surface area contributed by atoms with Gasteiger partial charge >= 0.3 is 0 Å². The molecule has 2 unspecified atom stereocenters. The minimum atomic E-state index is -2.83. The lowest BCUT2D eigenvalue weighted by Gasteiger charge is -2.36. The van der Waals surface area contributed by atoms with Crippen molar-refractivity contribution in [2.45, 2.75) is 38.3 Å². The van der Waals surface area contributed by atoms with Crippen LogP contribution in [0.25, 0.3) is 0 Å². The predicted octanol–water partition coefficient (Wildman–Crippen LogP) is 1.85. The van der Waals surface area contributed by atoms with Crippen molar-refractivity contribution in [1.82, 2.24) is 15.1 Å². The molecule has 6 nitrogen and oxygen atoms in total. The molecule has 2 amide bonds. The summed E-state index contributed by atoms with van der Waals surface area (Å²) in [6.45, 7) is 4.61. The monoisotopic (exact) mass is 417 g/mol. The van der Waals surface area contributed by atoms with E-state index in [1.165, 1.54) is 0 Å². The first-order valence-corrected chi connectivity index (χ1v) is 9.17. The molecule has 0 aliphatic carbocycles. The molecule has 2 aliphatic rings. The Bertz CT molecular complexity index is 711. The number of nitrogens with one attached hydrogen (secondary N) is 1. The average Bonchev–Trinajstić information content (AvgIpc) is 3.00. The highest BCUT2D eigenvalue weighted by Crippen LogP contribution is 2.26. The fourth-order valence-corrected chi connectivity index (χ4v) is 3.46. The smallest absolute Gasteiger partial charge is 0.263 e. The summed E-state index contributed by atoms with van der Waals surface area (Å²) in [6.07, 6.45) is -1.10. The van der Waals surface area contributed by atoms with Gasteiger partial charge in [0.05, 0.1) is 12.6 Å². The Morgan fingerprint density at radius 2 is 1.86 bits per heavy atom. The van der Waals surface area contributed by atoms with Crippen molar-refractivity contribution in [2.24, 2.45) is 0 Å². The van der Waals surface area contributed by atoms with E-state index in [-0.39, 0.29) is 24.2 Å². The topological polar surface area (TPSA) is 61.9 Å². The zero-order valence-corrected chi connectivity index (χ0v) is 16.8. The average molecular weight is 418 g/mol. The van der Waals surface area contributed by atoms with Gasteiger partial charge in [0, 0.05) is 32.6 Å². The number of alkyl halides is 2. The standard InChI is InChI=1S/C19H25F2N3O3.ClH/c1-13-4-3-5-15(10-13)27-14(2)17(25)23-6-8-24(9-7-23)18(26)16-11-19(20,21)12-22-16;/h3-5,10,14,16,22H,6-9,11-12H2,1-2H3;1H. The van der Waals surface area contributed by atoms with Crippen molar-refractivity contribution >= 4 is 24.2 Å². The summed E-state index contributed by atoms with van der Waals surface area (Å²) in [6, 6.07) is 6.64. The van der Waals surface area contributed by atoms with E-state index in [1.807, 2.05) is 25.1 Å². The van der Waals surface area contributed by atoms with E-state index in [2.05, 4.69) is 5.32 Å². The second-order valence-electron chi connectivity index (χ2n) is 7.22. The van der Waals surface area contributed by atoms with Crippen LogP contribution in [0.4, 0.5) is 8.78 Å². The Kier molecular flexibility index (Phi) is 7.22. The van der Waals surface area contributed by atoms with Crippen molar-refractivity contribution in [2.75, 3.05) is 32.7 Å². The van der Waals surface area contributed by atoms with Gasteiger partial charge in [-0.25, -0.2) is 8.78 Å². The van der Waals surface area contributed by atoms with Gasteiger partial charge in [-0.05, 0) is 31.5 Å². The minimum Gasteiger partial charge on any atom is -0.481 e. The maximum atomic E-state index is 13.3. The Balaban J connectivity index is 0.00000280. The Labute approximate surface area is 169 Å². The van der Waals surface area contributed by atoms with Crippen LogP contribution in [0.2, 0.25) is 0 Å². The number of carbonyl (C=O) groups is 2. The maximum Gasteiger partial charge on any atom is 0.263 e. The van der Waals surface area contributed by atoms with Crippen LogP contribution >= 0.6 is 12.4 Å². The fourth-order valence-electron chi connectivity index (χ4n) is 3.46. The van der Waals surface area contributed by atoms with Gasteiger partial charge in [0.2, 0.25) is 5.91 Å². The molecule has 0 saturated carbocycles. The second-order valence-corrected chi connectivity index (χ2v) is 7.22. The first-order valence-electron chi connectivity index (χ1n) is 9.17. The second kappa shape index (κ2) is 9.05. The lowest BCUT2D eigenvalue weighted by molar-refractivity contribution is -0.144. The third-order valence-corrected chi connectivity index (χ3v) is 4.96. The Hall–Kier alpha value is -1.93. The molecule has 2 heterocycles. The van der Waals surface area contributed by atoms with Crippen LogP contribution in [-0.4, -0.2) is 72.4 Å². The largest absolute Gasteiger partial charge is 0.481 e. The summed E-state index contributed by atoms with van der Waals surface area (Å²) in [4.78, 5) is 28.2. The molecule has 2 aliphatic heterocycles. The van der Waals surface area contributed by atoms with Crippen molar-refractivity contribution in [3.63, 3.8) is 0 Å². The van der Waals surface area contributed by atoms with E-state index >= 15 is 0 Å². The van der Waals surface area contributed by atoms with E-state index in [4.69, 9.17) is 4.74 Å². The molecule has 0 radical (unpaired) electrons. The Morgan fingerprint density at radius 1 is 1.21 bits per heavy atom. The third-order valence-electron chi connectivity index (χ3n) is 4.96. The number of hydrogen-bond donors (Lipinski definition) is 1. The molecule has 1 aromatic rings. The van der Waals surface area contributed by atoms with Crippen LogP contribution in [0.1, 0.15) is 18.9 Å². The van der Waals surface area contributed by atoms with Gasteiger partial charge in [0.1, 0.15) is 5.75 Å². The summed E-state index contributed by atoms with van der Waals surface area (Å²) in [5, 5.41) is 2.59. The summed E-state index contributed by atoms with van der Waals surface area (Å²) in [5.74, 6) is -2.66. The summed E-state index contributed by atoms with van der Waals surface area (Å²) in [5.41, 5.74) is 1.05. The highest BCUT2D eigenvalue weighted by molar-refractivity contribution is 5.85. The minimum absolute atomic E-state index is 0. The summed E-state index contributed by atoms with van der Waals surface area (Å²) < 4.78 is 32.3. The van der Waals surface area contributed by atoms with Crippen LogP contribution in [-0.2, 0) is 9.59 Å². The summed E-state index contributed by atoms with van der Waals surface area (Å²) >= 11 is 0. The predicted molar refractivity (Wildman–Crippen MR) is 103 cm³/mol. The highest BCUT2D eigenvalue weighted by atomic mass is 35.5. The molecule has 28 heavy (non-hydrogen) atoms. The van der Waals surface area contributed by atoms with Gasteiger partial charge in [0.15, 0.2) is 6.10 Å². The first kappa shape index (κ1) is 22.4. The first-order chi connectivity index (χ1) is 12.7. The van der Waals surface area contributed by atoms with E-state index in [0.29, 0.717) is 31.9 Å². The number of hydrogen-bond acceptors (Lipinski definition) is 4. The maximum absolute atomic E-state index is 13.3. The number of rotatable bonds is 4. The van der Waals surface area contributed by atoms with E-state index in [0.717, 1.165) is 5.56 Å². The van der Waals surface area contributed by atoms with Crippen LogP contribution in [0.15, 0.2) is 24.3 Å². The number of aryl methyl sites for hydroxylation is 1. The zero-order chi connectivity index (χ0) is 19.6. The molecular formula is C19H26ClF2N3O3. The third kappa shape index (κ3) is 5.32. The molecule has 0 spiro atoms. The van der Waals surface area contributed by atoms with Crippen molar-refractivity contribution in [3.05, 3.63) is 29.8 Å². The molecule has 9 heteroatoms. The Morgan fingerprint density at radius 3 is 2.43 bits per heavy atom. The quantitative estimate of drug-likeness (QED) is 0.812. The molecule has 1 N–H and O–H groups in total. The van der Waals surface area contributed by atoms with Gasteiger partial charge in [-0.2, -0.15) is 0 Å². The fraction of sp³-hybridized carbons (Fsp3) is 0.579. The van der Waals surface area contributed by atoms with Gasteiger partial charge in [-0.1, -0.05) is 12.1 Å². The number of piperazine rings is 1. The molecule has 2 fully saturated rings. The highest BCUT2D eigenvalue weighted by Gasteiger charge is 2.44. The molecule has 0 aromatic heterocycles. The molecule has 2 atom stereocenters. The zero-order valence-electron chi connectivity index (χ0n) is 16.0. The van der Waals surface area contributed by atoms with Gasteiger partial charge in [0.25, 0.3) is 11.8 Å². The van der Waals surface area contributed by atoms with Crippen LogP contribution in [0, 0.1) is 6.92 Å². The number of nitrogens with zero attached hydrogens (tertiary/aromatic N) is 2. The van der Waals surface area contributed by atoms with E-state index in [1.54, 1.807) is 22.8 Å². The van der Waals surface area contributed by atoms with Gasteiger partial charge in [-0.3, -0.25) is 14.9 Å². The molecule has 156 valence electrons. The van der Waals surface area contributed by atoms with Crippen molar-refractivity contribution in [3.8, 4) is 5.75 Å². The van der Waals surface area contributed by atoms with Gasteiger partial charge in [-0.15, -0.1) is 12.4 Å². The number of ether oxygens (including phenoxy) is 1. The summed E-state index contributed by atoms with van der Waals surface area (Å²) in [7, 11) is 0. The van der Waals surface area contributed by atoms with E-state index in [9.17, 15) is 18.4 Å². The lowest BCUT2D eigenvalue weighted by atomic mass is 10.1. The normalized spacial score (nSPS) is 22.4. The van der Waals surface area contributed by atoms with Crippen LogP contribution < -0.4 is 10.1 Å². The van der Waals surface area contributed by atoms with Crippen molar-refractivity contribution < 1.29 is 23.1 Å². The van der Waals surface area contributed by atoms with Crippen LogP contribution in [0.3, 0.4) is 0 Å². The molecule has 2 saturated heterocycles. The number of carbonyl (C=O) groups excluding carboxylic acids is 2. The molecule has 3 rings (SSSR count). The molecular weight excluding hydrogens is 392 g/mol. The van der Waals surface area contributed by atoms with Crippen LogP contribution in [0.5, 0.6) is 5.75 Å². The van der Waals surface area contributed by atoms with Crippen molar-refractivity contribution in [1.29, 1.82) is 0 Å². The molecule has 1 aromatic carbocycles.